The van der Waals surface area contributed by atoms with E-state index in [1.165, 1.54) is 25.0 Å². The molecule has 0 spiro atoms. The predicted molar refractivity (Wildman–Crippen MR) is 51.6 cm³/mol. The van der Waals surface area contributed by atoms with E-state index >= 15 is 0 Å². The van der Waals surface area contributed by atoms with Crippen LogP contribution in [0.4, 0.5) is 0 Å². The largest absolute Gasteiger partial charge is 0.389 e. The highest BCUT2D eigenvalue weighted by atomic mass is 14.9. The molecule has 0 aromatic rings. The molecule has 0 radical (unpaired) electrons. The van der Waals surface area contributed by atoms with Gasteiger partial charge in [-0.2, -0.15) is 0 Å². The lowest BCUT2D eigenvalue weighted by Crippen LogP contribution is -2.13. The Morgan fingerprint density at radius 1 is 1.27 bits per heavy atom. The van der Waals surface area contributed by atoms with Crippen LogP contribution in [0.1, 0.15) is 46.5 Å². The van der Waals surface area contributed by atoms with Crippen LogP contribution < -0.4 is 5.32 Å². The van der Waals surface area contributed by atoms with E-state index in [-0.39, 0.29) is 0 Å². The van der Waals surface area contributed by atoms with Crippen LogP contribution in [-0.4, -0.2) is 6.54 Å². The van der Waals surface area contributed by atoms with E-state index < -0.39 is 0 Å². The lowest BCUT2D eigenvalue weighted by Gasteiger charge is -2.07. The molecular formula is C10H21N. The van der Waals surface area contributed by atoms with Crippen LogP contribution in [-0.2, 0) is 0 Å². The predicted octanol–water partition coefficient (Wildman–Crippen LogP) is 3.08. The summed E-state index contributed by atoms with van der Waals surface area (Å²) in [5, 5.41) is 3.42. The SMILES string of the molecule is C/C=C(/CC)NCCCCC. The number of unbranched alkanes of at least 4 members (excludes halogenated alkanes) is 2. The highest BCUT2D eigenvalue weighted by molar-refractivity contribution is 4.95. The monoisotopic (exact) mass is 155 g/mol. The quantitative estimate of drug-likeness (QED) is 0.581. The van der Waals surface area contributed by atoms with Crippen LogP contribution >= 0.6 is 0 Å². The Kier molecular flexibility index (Phi) is 7.33. The molecule has 0 fully saturated rings. The molecule has 0 saturated heterocycles. The van der Waals surface area contributed by atoms with Crippen LogP contribution in [0, 0.1) is 0 Å². The van der Waals surface area contributed by atoms with Crippen molar-refractivity contribution in [3.05, 3.63) is 11.8 Å². The van der Waals surface area contributed by atoms with Gasteiger partial charge in [0.15, 0.2) is 0 Å². The van der Waals surface area contributed by atoms with Gasteiger partial charge in [0, 0.05) is 12.2 Å². The van der Waals surface area contributed by atoms with E-state index in [1.54, 1.807) is 0 Å². The van der Waals surface area contributed by atoms with Gasteiger partial charge in [-0.15, -0.1) is 0 Å². The molecule has 1 nitrogen and oxygen atoms in total. The fourth-order valence-electron chi connectivity index (χ4n) is 1.06. The van der Waals surface area contributed by atoms with Gasteiger partial charge in [0.25, 0.3) is 0 Å². The Labute approximate surface area is 70.9 Å². The third kappa shape index (κ3) is 5.96. The van der Waals surface area contributed by atoms with E-state index in [0.29, 0.717) is 0 Å². The van der Waals surface area contributed by atoms with Gasteiger partial charge in [-0.3, -0.25) is 0 Å². The fraction of sp³-hybridized carbons (Fsp3) is 0.800. The highest BCUT2D eigenvalue weighted by Gasteiger charge is 1.89. The van der Waals surface area contributed by atoms with Gasteiger partial charge < -0.3 is 5.32 Å². The van der Waals surface area contributed by atoms with E-state index in [1.807, 2.05) is 0 Å². The van der Waals surface area contributed by atoms with Crippen molar-refractivity contribution in [3.63, 3.8) is 0 Å². The van der Waals surface area contributed by atoms with Crippen molar-refractivity contribution in [1.82, 2.24) is 5.32 Å². The van der Waals surface area contributed by atoms with Crippen molar-refractivity contribution in [2.24, 2.45) is 0 Å². The van der Waals surface area contributed by atoms with Crippen molar-refractivity contribution in [3.8, 4) is 0 Å². The molecule has 0 aromatic carbocycles. The molecule has 0 aromatic heterocycles. The molecule has 0 saturated carbocycles. The topological polar surface area (TPSA) is 12.0 Å². The average molecular weight is 155 g/mol. The molecular weight excluding hydrogens is 134 g/mol. The second-order valence-electron chi connectivity index (χ2n) is 2.80. The summed E-state index contributed by atoms with van der Waals surface area (Å²) < 4.78 is 0. The van der Waals surface area contributed by atoms with Crippen molar-refractivity contribution in [1.29, 1.82) is 0 Å². The molecule has 0 rings (SSSR count). The smallest absolute Gasteiger partial charge is 0.0143 e. The highest BCUT2D eigenvalue weighted by Crippen LogP contribution is 1.97. The summed E-state index contributed by atoms with van der Waals surface area (Å²) in [7, 11) is 0. The Morgan fingerprint density at radius 3 is 2.45 bits per heavy atom. The molecule has 0 bridgehead atoms. The minimum absolute atomic E-state index is 1.13. The average Bonchev–Trinajstić information content (AvgIpc) is 2.05. The molecule has 0 amide bonds. The number of hydrogen-bond acceptors (Lipinski definition) is 1. The van der Waals surface area contributed by atoms with E-state index in [9.17, 15) is 0 Å². The van der Waals surface area contributed by atoms with Gasteiger partial charge >= 0.3 is 0 Å². The van der Waals surface area contributed by atoms with Gasteiger partial charge in [-0.25, -0.2) is 0 Å². The van der Waals surface area contributed by atoms with Crippen molar-refractivity contribution < 1.29 is 0 Å². The lowest BCUT2D eigenvalue weighted by atomic mass is 10.2. The number of rotatable bonds is 6. The second kappa shape index (κ2) is 7.64. The zero-order valence-corrected chi connectivity index (χ0v) is 8.11. The number of allylic oxidation sites excluding steroid dienone is 2. The maximum Gasteiger partial charge on any atom is 0.0143 e. The molecule has 11 heavy (non-hydrogen) atoms. The van der Waals surface area contributed by atoms with Gasteiger partial charge in [0.05, 0.1) is 0 Å². The first-order valence-corrected chi connectivity index (χ1v) is 4.74. The molecule has 1 N–H and O–H groups in total. The summed E-state index contributed by atoms with van der Waals surface area (Å²) in [6.45, 7) is 7.64. The van der Waals surface area contributed by atoms with Gasteiger partial charge in [0.2, 0.25) is 0 Å². The van der Waals surface area contributed by atoms with Crippen molar-refractivity contribution in [2.45, 2.75) is 46.5 Å². The molecule has 0 aliphatic carbocycles. The Balaban J connectivity index is 3.22. The summed E-state index contributed by atoms with van der Waals surface area (Å²) in [6, 6.07) is 0. The van der Waals surface area contributed by atoms with Gasteiger partial charge in [0.1, 0.15) is 0 Å². The molecule has 0 atom stereocenters. The number of hydrogen-bond donors (Lipinski definition) is 1. The minimum Gasteiger partial charge on any atom is -0.389 e. The van der Waals surface area contributed by atoms with Crippen molar-refractivity contribution >= 4 is 0 Å². The van der Waals surface area contributed by atoms with Crippen LogP contribution in [0.25, 0.3) is 0 Å². The molecule has 66 valence electrons. The van der Waals surface area contributed by atoms with Crippen LogP contribution in [0.15, 0.2) is 11.8 Å². The Hall–Kier alpha value is -0.460. The van der Waals surface area contributed by atoms with Gasteiger partial charge in [-0.1, -0.05) is 32.8 Å². The Bertz CT molecular complexity index is 105. The third-order valence-electron chi connectivity index (χ3n) is 1.86. The summed E-state index contributed by atoms with van der Waals surface area (Å²) in [5.41, 5.74) is 1.38. The zero-order valence-electron chi connectivity index (χ0n) is 8.11. The van der Waals surface area contributed by atoms with E-state index in [2.05, 4.69) is 32.2 Å². The maximum atomic E-state index is 3.42. The summed E-state index contributed by atoms with van der Waals surface area (Å²) in [5.74, 6) is 0. The van der Waals surface area contributed by atoms with E-state index in [0.717, 1.165) is 13.0 Å². The van der Waals surface area contributed by atoms with Gasteiger partial charge in [-0.05, 0) is 19.8 Å². The first kappa shape index (κ1) is 10.5. The van der Waals surface area contributed by atoms with Crippen LogP contribution in [0.3, 0.4) is 0 Å². The molecule has 0 unspecified atom stereocenters. The summed E-state index contributed by atoms with van der Waals surface area (Å²) in [6.07, 6.45) is 7.23. The molecule has 0 heterocycles. The number of nitrogens with one attached hydrogen (secondary N) is 1. The standard InChI is InChI=1S/C10H21N/c1-4-7-8-9-11-10(5-2)6-3/h5,11H,4,6-9H2,1-3H3/b10-5-. The zero-order chi connectivity index (χ0) is 8.53. The molecule has 0 aliphatic rings. The van der Waals surface area contributed by atoms with Crippen molar-refractivity contribution in [2.75, 3.05) is 6.54 Å². The van der Waals surface area contributed by atoms with Crippen LogP contribution in [0.5, 0.6) is 0 Å². The summed E-state index contributed by atoms with van der Waals surface area (Å²) >= 11 is 0. The summed E-state index contributed by atoms with van der Waals surface area (Å²) in [4.78, 5) is 0. The first-order chi connectivity index (χ1) is 5.35. The van der Waals surface area contributed by atoms with E-state index in [4.69, 9.17) is 0 Å². The maximum absolute atomic E-state index is 3.42. The first-order valence-electron chi connectivity index (χ1n) is 4.74. The Morgan fingerprint density at radius 2 is 2.00 bits per heavy atom. The normalized spacial score (nSPS) is 11.7. The molecule has 1 heteroatoms. The second-order valence-corrected chi connectivity index (χ2v) is 2.80. The molecule has 0 aliphatic heterocycles. The fourth-order valence-corrected chi connectivity index (χ4v) is 1.06. The lowest BCUT2D eigenvalue weighted by molar-refractivity contribution is 0.656. The minimum atomic E-state index is 1.13. The van der Waals surface area contributed by atoms with Crippen LogP contribution in [0.2, 0.25) is 0 Å². The third-order valence-corrected chi connectivity index (χ3v) is 1.86.